The van der Waals surface area contributed by atoms with E-state index in [1.807, 2.05) is 0 Å². The Kier molecular flexibility index (Phi) is 5.44. The zero-order valence-electron chi connectivity index (χ0n) is 13.2. The highest BCUT2D eigenvalue weighted by molar-refractivity contribution is 5.78. The van der Waals surface area contributed by atoms with Crippen molar-refractivity contribution in [2.45, 2.75) is 70.4 Å². The Hall–Kier alpha value is -0.610. The molecule has 4 heteroatoms. The number of amides is 1. The number of nitrogens with two attached hydrogens (primary N) is 1. The summed E-state index contributed by atoms with van der Waals surface area (Å²) in [5.41, 5.74) is 6.19. The summed E-state index contributed by atoms with van der Waals surface area (Å²) in [6.45, 7) is 6.68. The van der Waals surface area contributed by atoms with Gasteiger partial charge in [0, 0.05) is 18.1 Å². The Bertz CT molecular complexity index is 320. The van der Waals surface area contributed by atoms with E-state index in [4.69, 9.17) is 5.73 Å². The highest BCUT2D eigenvalue weighted by Gasteiger charge is 2.39. The van der Waals surface area contributed by atoms with Crippen LogP contribution in [0.5, 0.6) is 0 Å². The third-order valence-electron chi connectivity index (χ3n) is 5.03. The predicted octanol–water partition coefficient (Wildman–Crippen LogP) is 1.88. The molecule has 2 rings (SSSR count). The Morgan fingerprint density at radius 1 is 1.30 bits per heavy atom. The second kappa shape index (κ2) is 6.90. The SMILES string of the molecule is CCCN(CC(=O)NC1CC1)C1(CN)CCC(C)CC1. The predicted molar refractivity (Wildman–Crippen MR) is 82.4 cm³/mol. The molecule has 2 aliphatic rings. The van der Waals surface area contributed by atoms with Crippen LogP contribution < -0.4 is 11.1 Å². The van der Waals surface area contributed by atoms with Crippen LogP contribution in [0.2, 0.25) is 0 Å². The normalized spacial score (nSPS) is 30.5. The molecule has 20 heavy (non-hydrogen) atoms. The van der Waals surface area contributed by atoms with E-state index in [0.717, 1.165) is 44.6 Å². The number of carbonyl (C=O) groups excluding carboxylic acids is 1. The number of hydrogen-bond acceptors (Lipinski definition) is 3. The molecule has 0 spiro atoms. The highest BCUT2D eigenvalue weighted by Crippen LogP contribution is 2.36. The molecule has 0 radical (unpaired) electrons. The maximum Gasteiger partial charge on any atom is 0.234 e. The number of hydrogen-bond donors (Lipinski definition) is 2. The van der Waals surface area contributed by atoms with Gasteiger partial charge in [-0.05, 0) is 57.4 Å². The second-order valence-corrected chi connectivity index (χ2v) is 6.87. The maximum absolute atomic E-state index is 12.2. The molecule has 0 atom stereocenters. The summed E-state index contributed by atoms with van der Waals surface area (Å²) in [6, 6.07) is 0.450. The zero-order chi connectivity index (χ0) is 14.6. The summed E-state index contributed by atoms with van der Waals surface area (Å²) in [4.78, 5) is 14.5. The molecule has 0 unspecified atom stereocenters. The summed E-state index contributed by atoms with van der Waals surface area (Å²) in [5.74, 6) is 0.992. The molecule has 0 aromatic heterocycles. The van der Waals surface area contributed by atoms with E-state index in [0.29, 0.717) is 19.1 Å². The third kappa shape index (κ3) is 3.95. The Labute approximate surface area is 123 Å². The summed E-state index contributed by atoms with van der Waals surface area (Å²) in [5, 5.41) is 3.11. The van der Waals surface area contributed by atoms with Crippen LogP contribution in [0, 0.1) is 5.92 Å². The van der Waals surface area contributed by atoms with Gasteiger partial charge in [-0.25, -0.2) is 0 Å². The van der Waals surface area contributed by atoms with Crippen molar-refractivity contribution < 1.29 is 4.79 Å². The standard InChI is InChI=1S/C16H31N3O/c1-3-10-19(11-15(20)18-14-4-5-14)16(12-17)8-6-13(2)7-9-16/h13-14H,3-12,17H2,1-2H3,(H,18,20). The molecule has 0 aromatic rings. The lowest BCUT2D eigenvalue weighted by atomic mass is 9.76. The first kappa shape index (κ1) is 15.8. The van der Waals surface area contributed by atoms with Crippen LogP contribution in [0.15, 0.2) is 0 Å². The first-order chi connectivity index (χ1) is 9.59. The van der Waals surface area contributed by atoms with Crippen LogP contribution in [0.3, 0.4) is 0 Å². The first-order valence-corrected chi connectivity index (χ1v) is 8.34. The lowest BCUT2D eigenvalue weighted by Gasteiger charge is -2.47. The van der Waals surface area contributed by atoms with E-state index in [-0.39, 0.29) is 11.4 Å². The van der Waals surface area contributed by atoms with Crippen molar-refractivity contribution in [3.63, 3.8) is 0 Å². The Morgan fingerprint density at radius 3 is 2.45 bits per heavy atom. The average Bonchev–Trinajstić information content (AvgIpc) is 3.23. The van der Waals surface area contributed by atoms with Gasteiger partial charge >= 0.3 is 0 Å². The molecular weight excluding hydrogens is 250 g/mol. The van der Waals surface area contributed by atoms with E-state index in [1.165, 1.54) is 12.8 Å². The molecule has 0 heterocycles. The minimum atomic E-state index is 0.0589. The minimum Gasteiger partial charge on any atom is -0.352 e. The molecule has 1 amide bonds. The van der Waals surface area contributed by atoms with Crippen molar-refractivity contribution in [3.05, 3.63) is 0 Å². The van der Waals surface area contributed by atoms with Crippen LogP contribution >= 0.6 is 0 Å². The molecule has 0 saturated heterocycles. The van der Waals surface area contributed by atoms with Crippen molar-refractivity contribution >= 4 is 5.91 Å². The summed E-state index contributed by atoms with van der Waals surface area (Å²) in [6.07, 6.45) is 8.14. The van der Waals surface area contributed by atoms with Gasteiger partial charge in [0.05, 0.1) is 6.54 Å². The van der Waals surface area contributed by atoms with E-state index >= 15 is 0 Å². The van der Waals surface area contributed by atoms with Crippen LogP contribution in [0.25, 0.3) is 0 Å². The zero-order valence-corrected chi connectivity index (χ0v) is 13.2. The Balaban J connectivity index is 1.98. The number of nitrogens with zero attached hydrogens (tertiary/aromatic N) is 1. The van der Waals surface area contributed by atoms with Crippen LogP contribution in [-0.4, -0.2) is 42.0 Å². The largest absolute Gasteiger partial charge is 0.352 e. The van der Waals surface area contributed by atoms with Gasteiger partial charge in [0.25, 0.3) is 0 Å². The fourth-order valence-corrected chi connectivity index (χ4v) is 3.38. The van der Waals surface area contributed by atoms with Crippen molar-refractivity contribution in [3.8, 4) is 0 Å². The minimum absolute atomic E-state index is 0.0589. The van der Waals surface area contributed by atoms with Crippen molar-refractivity contribution in [2.75, 3.05) is 19.6 Å². The molecule has 0 aliphatic heterocycles. The van der Waals surface area contributed by atoms with E-state index < -0.39 is 0 Å². The summed E-state index contributed by atoms with van der Waals surface area (Å²) >= 11 is 0. The second-order valence-electron chi connectivity index (χ2n) is 6.87. The Morgan fingerprint density at radius 2 is 1.95 bits per heavy atom. The van der Waals surface area contributed by atoms with Crippen LogP contribution in [0.1, 0.15) is 58.8 Å². The van der Waals surface area contributed by atoms with Gasteiger partial charge in [0.1, 0.15) is 0 Å². The van der Waals surface area contributed by atoms with Gasteiger partial charge in [-0.1, -0.05) is 13.8 Å². The molecule has 2 saturated carbocycles. The summed E-state index contributed by atoms with van der Waals surface area (Å²) in [7, 11) is 0. The molecule has 3 N–H and O–H groups in total. The van der Waals surface area contributed by atoms with Crippen molar-refractivity contribution in [1.29, 1.82) is 0 Å². The van der Waals surface area contributed by atoms with Crippen molar-refractivity contribution in [1.82, 2.24) is 10.2 Å². The van der Waals surface area contributed by atoms with Crippen LogP contribution in [-0.2, 0) is 4.79 Å². The molecule has 4 nitrogen and oxygen atoms in total. The maximum atomic E-state index is 12.2. The topological polar surface area (TPSA) is 58.4 Å². The lowest BCUT2D eigenvalue weighted by Crippen LogP contribution is -2.58. The number of rotatable bonds is 7. The van der Waals surface area contributed by atoms with Gasteiger partial charge in [0.2, 0.25) is 5.91 Å². The monoisotopic (exact) mass is 281 g/mol. The lowest BCUT2D eigenvalue weighted by molar-refractivity contribution is -0.124. The molecule has 2 fully saturated rings. The fourth-order valence-electron chi connectivity index (χ4n) is 3.38. The van der Waals surface area contributed by atoms with Gasteiger partial charge in [-0.3, -0.25) is 9.69 Å². The molecule has 0 bridgehead atoms. The number of carbonyl (C=O) groups is 1. The van der Waals surface area contributed by atoms with Crippen LogP contribution in [0.4, 0.5) is 0 Å². The van der Waals surface area contributed by atoms with E-state index in [2.05, 4.69) is 24.1 Å². The third-order valence-corrected chi connectivity index (χ3v) is 5.03. The molecule has 0 aromatic carbocycles. The smallest absolute Gasteiger partial charge is 0.234 e. The van der Waals surface area contributed by atoms with Gasteiger partial charge in [-0.15, -0.1) is 0 Å². The average molecular weight is 281 g/mol. The first-order valence-electron chi connectivity index (χ1n) is 8.34. The quantitative estimate of drug-likeness (QED) is 0.749. The number of nitrogens with one attached hydrogen (secondary N) is 1. The van der Waals surface area contributed by atoms with Crippen molar-refractivity contribution in [2.24, 2.45) is 11.7 Å². The van der Waals surface area contributed by atoms with Gasteiger partial charge < -0.3 is 11.1 Å². The van der Waals surface area contributed by atoms with E-state index in [1.54, 1.807) is 0 Å². The van der Waals surface area contributed by atoms with Gasteiger partial charge in [0.15, 0.2) is 0 Å². The molecular formula is C16H31N3O. The fraction of sp³-hybridized carbons (Fsp3) is 0.938. The van der Waals surface area contributed by atoms with Gasteiger partial charge in [-0.2, -0.15) is 0 Å². The summed E-state index contributed by atoms with van der Waals surface area (Å²) < 4.78 is 0. The molecule has 116 valence electrons. The van der Waals surface area contributed by atoms with E-state index in [9.17, 15) is 4.79 Å². The molecule has 2 aliphatic carbocycles. The highest BCUT2D eigenvalue weighted by atomic mass is 16.2.